The molecule has 0 radical (unpaired) electrons. The van der Waals surface area contributed by atoms with Gasteiger partial charge in [-0.1, -0.05) is 48.5 Å². The van der Waals surface area contributed by atoms with Crippen LogP contribution in [0.1, 0.15) is 54.4 Å². The number of piperidine rings is 1. The summed E-state index contributed by atoms with van der Waals surface area (Å²) in [6, 6.07) is 18.4. The van der Waals surface area contributed by atoms with Gasteiger partial charge in [-0.2, -0.15) is 0 Å². The van der Waals surface area contributed by atoms with Crippen LogP contribution in [-0.2, 0) is 29.1 Å². The van der Waals surface area contributed by atoms with E-state index in [1.54, 1.807) is 0 Å². The Hall–Kier alpha value is -4.20. The number of aromatic nitrogens is 4. The molecule has 4 aromatic rings. The Bertz CT molecular complexity index is 1430. The summed E-state index contributed by atoms with van der Waals surface area (Å²) in [4.78, 5) is 38.8. The first-order chi connectivity index (χ1) is 19.2. The first-order valence-electron chi connectivity index (χ1n) is 13.9. The molecule has 2 aromatic carbocycles. The minimum Gasteiger partial charge on any atom is -0.343 e. The molecule has 0 spiro atoms. The minimum atomic E-state index is 0.0378. The molecule has 8 heteroatoms. The van der Waals surface area contributed by atoms with Crippen molar-refractivity contribution in [2.24, 2.45) is 0 Å². The number of hydrogen-bond acceptors (Lipinski definition) is 4. The van der Waals surface area contributed by atoms with Crippen LogP contribution in [0.2, 0.25) is 0 Å². The normalized spacial score (nSPS) is 15.5. The van der Waals surface area contributed by atoms with Gasteiger partial charge in [0.1, 0.15) is 11.6 Å². The predicted molar refractivity (Wildman–Crippen MR) is 149 cm³/mol. The van der Waals surface area contributed by atoms with Crippen LogP contribution < -0.4 is 4.90 Å². The summed E-state index contributed by atoms with van der Waals surface area (Å²) >= 11 is 0. The first-order valence-corrected chi connectivity index (χ1v) is 13.9. The topological polar surface area (TPSA) is 76.3 Å². The molecule has 0 unspecified atom stereocenters. The van der Waals surface area contributed by atoms with Gasteiger partial charge in [0.05, 0.1) is 6.54 Å². The van der Waals surface area contributed by atoms with E-state index < -0.39 is 0 Å². The summed E-state index contributed by atoms with van der Waals surface area (Å²) in [5.74, 6) is 2.45. The van der Waals surface area contributed by atoms with E-state index in [-0.39, 0.29) is 24.7 Å². The standard InChI is InChI=1S/C31H34N6O2/c38-29(10-11-30(39)37-19-14-25-8-4-5-9-27(25)37)34-17-12-26(13-18-34)31-33-16-21-36(31)23-28-32-15-20-35(28)22-24-6-2-1-3-7-24/h1-9,15-16,20-21,26H,10-14,17-19,22-23H2. The second-order valence-corrected chi connectivity index (χ2v) is 10.4. The monoisotopic (exact) mass is 522 g/mol. The lowest BCUT2D eigenvalue weighted by atomic mass is 9.95. The zero-order chi connectivity index (χ0) is 26.6. The Morgan fingerprint density at radius 3 is 2.33 bits per heavy atom. The van der Waals surface area contributed by atoms with Gasteiger partial charge in [-0.05, 0) is 36.5 Å². The lowest BCUT2D eigenvalue weighted by Crippen LogP contribution is -2.39. The number of rotatable bonds is 8. The molecule has 1 fully saturated rings. The molecule has 0 bridgehead atoms. The zero-order valence-corrected chi connectivity index (χ0v) is 22.2. The third-order valence-corrected chi connectivity index (χ3v) is 8.01. The van der Waals surface area contributed by atoms with Gasteiger partial charge in [0.15, 0.2) is 0 Å². The van der Waals surface area contributed by atoms with Gasteiger partial charge in [0.2, 0.25) is 11.8 Å². The maximum absolute atomic E-state index is 12.9. The number of fused-ring (bicyclic) bond motifs is 1. The van der Waals surface area contributed by atoms with E-state index >= 15 is 0 Å². The highest BCUT2D eigenvalue weighted by Crippen LogP contribution is 2.29. The molecule has 6 rings (SSSR count). The molecule has 1 saturated heterocycles. The second kappa shape index (κ2) is 11.3. The maximum atomic E-state index is 12.9. The Kier molecular flexibility index (Phi) is 7.25. The second-order valence-electron chi connectivity index (χ2n) is 10.4. The average molecular weight is 523 g/mol. The third-order valence-electron chi connectivity index (χ3n) is 8.01. The van der Waals surface area contributed by atoms with Crippen LogP contribution >= 0.6 is 0 Å². The summed E-state index contributed by atoms with van der Waals surface area (Å²) in [5.41, 5.74) is 3.44. The quantitative estimate of drug-likeness (QED) is 0.347. The average Bonchev–Trinajstić information content (AvgIpc) is 3.73. The van der Waals surface area contributed by atoms with Gasteiger partial charge in [0, 0.05) is 75.4 Å². The van der Waals surface area contributed by atoms with Crippen LogP contribution in [0.15, 0.2) is 79.4 Å². The van der Waals surface area contributed by atoms with Crippen LogP contribution in [-0.4, -0.2) is 55.5 Å². The van der Waals surface area contributed by atoms with Gasteiger partial charge in [-0.15, -0.1) is 0 Å². The molecular formula is C31H34N6O2. The maximum Gasteiger partial charge on any atom is 0.227 e. The molecule has 4 heterocycles. The van der Waals surface area contributed by atoms with Gasteiger partial charge in [0.25, 0.3) is 0 Å². The number of carbonyl (C=O) groups excluding carboxylic acids is 2. The predicted octanol–water partition coefficient (Wildman–Crippen LogP) is 4.25. The van der Waals surface area contributed by atoms with E-state index in [4.69, 9.17) is 4.98 Å². The Balaban J connectivity index is 1.01. The van der Waals surface area contributed by atoms with Gasteiger partial charge < -0.3 is 18.9 Å². The highest BCUT2D eigenvalue weighted by Gasteiger charge is 2.28. The summed E-state index contributed by atoms with van der Waals surface area (Å²) in [5, 5.41) is 0. The number of likely N-dealkylation sites (tertiary alicyclic amines) is 1. The molecule has 200 valence electrons. The number of amides is 2. The van der Waals surface area contributed by atoms with E-state index in [1.165, 1.54) is 11.1 Å². The fraction of sp³-hybridized carbons (Fsp3) is 0.355. The summed E-state index contributed by atoms with van der Waals surface area (Å²) < 4.78 is 4.38. The molecule has 2 amide bonds. The van der Waals surface area contributed by atoms with E-state index in [2.05, 4.69) is 44.5 Å². The van der Waals surface area contributed by atoms with Crippen molar-refractivity contribution >= 4 is 17.5 Å². The van der Waals surface area contributed by atoms with Crippen molar-refractivity contribution in [1.82, 2.24) is 24.0 Å². The molecule has 2 aliphatic rings. The highest BCUT2D eigenvalue weighted by molar-refractivity contribution is 5.97. The lowest BCUT2D eigenvalue weighted by molar-refractivity contribution is -0.134. The Labute approximate surface area is 228 Å². The molecule has 2 aromatic heterocycles. The number of hydrogen-bond donors (Lipinski definition) is 0. The van der Waals surface area contributed by atoms with Crippen molar-refractivity contribution in [2.75, 3.05) is 24.5 Å². The minimum absolute atomic E-state index is 0.0378. The fourth-order valence-corrected chi connectivity index (χ4v) is 5.87. The fourth-order valence-electron chi connectivity index (χ4n) is 5.87. The number of benzene rings is 2. The largest absolute Gasteiger partial charge is 0.343 e. The van der Waals surface area contributed by atoms with Crippen molar-refractivity contribution < 1.29 is 9.59 Å². The van der Waals surface area contributed by atoms with Gasteiger partial charge in [-0.25, -0.2) is 9.97 Å². The number of nitrogens with zero attached hydrogens (tertiary/aromatic N) is 6. The molecule has 0 aliphatic carbocycles. The van der Waals surface area contributed by atoms with Crippen molar-refractivity contribution in [3.63, 3.8) is 0 Å². The van der Waals surface area contributed by atoms with Crippen LogP contribution in [0.25, 0.3) is 0 Å². The van der Waals surface area contributed by atoms with Gasteiger partial charge >= 0.3 is 0 Å². The number of carbonyl (C=O) groups is 2. The highest BCUT2D eigenvalue weighted by atomic mass is 16.2. The van der Waals surface area contributed by atoms with Crippen LogP contribution in [0, 0.1) is 0 Å². The van der Waals surface area contributed by atoms with Crippen molar-refractivity contribution in [2.45, 2.75) is 51.1 Å². The first kappa shape index (κ1) is 25.1. The van der Waals surface area contributed by atoms with Gasteiger partial charge in [-0.3, -0.25) is 9.59 Å². The molecule has 8 nitrogen and oxygen atoms in total. The molecule has 0 N–H and O–H groups in total. The SMILES string of the molecule is O=C(CCC(=O)N1CCc2ccccc21)N1CCC(c2nccn2Cc2nccn2Cc2ccccc2)CC1. The number of imidazole rings is 2. The zero-order valence-electron chi connectivity index (χ0n) is 22.2. The number of anilines is 1. The summed E-state index contributed by atoms with van der Waals surface area (Å²) in [7, 11) is 0. The Morgan fingerprint density at radius 2 is 1.49 bits per heavy atom. The Morgan fingerprint density at radius 1 is 0.769 bits per heavy atom. The number of para-hydroxylation sites is 1. The molecule has 2 aliphatic heterocycles. The van der Waals surface area contributed by atoms with E-state index in [0.29, 0.717) is 32.1 Å². The molecule has 0 saturated carbocycles. The molecule has 39 heavy (non-hydrogen) atoms. The third kappa shape index (κ3) is 5.50. The van der Waals surface area contributed by atoms with E-state index in [0.717, 1.165) is 43.1 Å². The van der Waals surface area contributed by atoms with Crippen LogP contribution in [0.3, 0.4) is 0 Å². The van der Waals surface area contributed by atoms with Crippen LogP contribution in [0.4, 0.5) is 5.69 Å². The molecule has 0 atom stereocenters. The van der Waals surface area contributed by atoms with Crippen molar-refractivity contribution in [1.29, 1.82) is 0 Å². The molecular weight excluding hydrogens is 488 g/mol. The van der Waals surface area contributed by atoms with Crippen molar-refractivity contribution in [3.8, 4) is 0 Å². The van der Waals surface area contributed by atoms with Crippen molar-refractivity contribution in [3.05, 3.63) is 102 Å². The lowest BCUT2D eigenvalue weighted by Gasteiger charge is -2.32. The van der Waals surface area contributed by atoms with E-state index in [1.807, 2.05) is 58.9 Å². The van der Waals surface area contributed by atoms with E-state index in [9.17, 15) is 9.59 Å². The summed E-state index contributed by atoms with van der Waals surface area (Å²) in [6.07, 6.45) is 10.9. The van der Waals surface area contributed by atoms with Crippen LogP contribution in [0.5, 0.6) is 0 Å². The summed E-state index contributed by atoms with van der Waals surface area (Å²) in [6.45, 7) is 3.54. The smallest absolute Gasteiger partial charge is 0.227 e.